The molecule has 0 amide bonds. The number of phenols is 1. The molecule has 0 heterocycles. The van der Waals surface area contributed by atoms with E-state index in [0.717, 1.165) is 11.1 Å². The molecule has 0 unspecified atom stereocenters. The van der Waals surface area contributed by atoms with Gasteiger partial charge in [0.15, 0.2) is 0 Å². The Labute approximate surface area is 77.3 Å². The van der Waals surface area contributed by atoms with Gasteiger partial charge in [0.1, 0.15) is 5.75 Å². The van der Waals surface area contributed by atoms with Crippen LogP contribution in [0.25, 0.3) is 12.2 Å². The predicted octanol–water partition coefficient (Wildman–Crippen LogP) is 2.99. The van der Waals surface area contributed by atoms with Crippen LogP contribution in [-0.4, -0.2) is 5.11 Å². The van der Waals surface area contributed by atoms with Crippen molar-refractivity contribution < 1.29 is 5.11 Å². The summed E-state index contributed by atoms with van der Waals surface area (Å²) in [7, 11) is 0. The van der Waals surface area contributed by atoms with Gasteiger partial charge in [-0.25, -0.2) is 0 Å². The van der Waals surface area contributed by atoms with Gasteiger partial charge >= 0.3 is 0 Å². The number of aromatic hydroxyl groups is 1. The zero-order chi connectivity index (χ0) is 9.10. The van der Waals surface area contributed by atoms with Crippen LogP contribution in [0, 0.1) is 0 Å². The Morgan fingerprint density at radius 2 is 1.62 bits per heavy atom. The van der Waals surface area contributed by atoms with Crippen LogP contribution in [0.2, 0.25) is 0 Å². The normalized spacial score (nSPS) is 13.5. The molecule has 1 N–H and O–H groups in total. The van der Waals surface area contributed by atoms with E-state index in [1.165, 1.54) is 0 Å². The fourth-order valence-electron chi connectivity index (χ4n) is 1.34. The summed E-state index contributed by atoms with van der Waals surface area (Å²) < 4.78 is 0. The second kappa shape index (κ2) is 3.31. The van der Waals surface area contributed by atoms with Gasteiger partial charge in [-0.15, -0.1) is 0 Å². The largest absolute Gasteiger partial charge is 0.507 e. The SMILES string of the molecule is Oc1cccc2c1C=CC=CC=C2. The van der Waals surface area contributed by atoms with E-state index >= 15 is 0 Å². The average molecular weight is 170 g/mol. The van der Waals surface area contributed by atoms with E-state index in [9.17, 15) is 5.11 Å². The minimum Gasteiger partial charge on any atom is -0.507 e. The highest BCUT2D eigenvalue weighted by Gasteiger charge is 2.01. The second-order valence-electron chi connectivity index (χ2n) is 2.88. The number of benzene rings is 1. The van der Waals surface area contributed by atoms with Crippen molar-refractivity contribution in [1.82, 2.24) is 0 Å². The lowest BCUT2D eigenvalue weighted by atomic mass is 10.0. The summed E-state index contributed by atoms with van der Waals surface area (Å²) in [5, 5.41) is 9.56. The van der Waals surface area contributed by atoms with Crippen LogP contribution >= 0.6 is 0 Å². The van der Waals surface area contributed by atoms with E-state index in [0.29, 0.717) is 5.75 Å². The maximum Gasteiger partial charge on any atom is 0.123 e. The Morgan fingerprint density at radius 3 is 2.46 bits per heavy atom. The molecule has 0 fully saturated rings. The molecular weight excluding hydrogens is 160 g/mol. The van der Waals surface area contributed by atoms with E-state index < -0.39 is 0 Å². The zero-order valence-corrected chi connectivity index (χ0v) is 7.14. The number of allylic oxidation sites excluding steroid dienone is 4. The lowest BCUT2D eigenvalue weighted by Gasteiger charge is -2.04. The van der Waals surface area contributed by atoms with Gasteiger partial charge in [-0.1, -0.05) is 48.6 Å². The van der Waals surface area contributed by atoms with Crippen LogP contribution in [-0.2, 0) is 0 Å². The van der Waals surface area contributed by atoms with Crippen LogP contribution in [0.1, 0.15) is 11.1 Å². The molecular formula is C12H10O. The Balaban J connectivity index is 2.62. The van der Waals surface area contributed by atoms with Crippen molar-refractivity contribution >= 4 is 12.2 Å². The topological polar surface area (TPSA) is 20.2 Å². The average Bonchev–Trinajstić information content (AvgIpc) is 2.07. The molecule has 1 heteroatoms. The Hall–Kier alpha value is -1.76. The number of fused-ring (bicyclic) bond motifs is 1. The molecule has 1 aliphatic rings. The zero-order valence-electron chi connectivity index (χ0n) is 7.14. The fraction of sp³-hybridized carbons (Fsp3) is 0. The second-order valence-corrected chi connectivity index (χ2v) is 2.88. The number of hydrogen-bond donors (Lipinski definition) is 1. The molecule has 0 atom stereocenters. The molecule has 1 nitrogen and oxygen atoms in total. The van der Waals surface area contributed by atoms with Gasteiger partial charge in [-0.2, -0.15) is 0 Å². The summed E-state index contributed by atoms with van der Waals surface area (Å²) in [6.07, 6.45) is 11.7. The molecule has 1 aliphatic carbocycles. The molecule has 1 aromatic carbocycles. The molecule has 0 spiro atoms. The van der Waals surface area contributed by atoms with Gasteiger partial charge in [0.25, 0.3) is 0 Å². The third kappa shape index (κ3) is 1.54. The molecule has 1 aromatic rings. The van der Waals surface area contributed by atoms with Crippen molar-refractivity contribution in [2.24, 2.45) is 0 Å². The van der Waals surface area contributed by atoms with Crippen molar-refractivity contribution in [2.75, 3.05) is 0 Å². The van der Waals surface area contributed by atoms with Crippen molar-refractivity contribution in [1.29, 1.82) is 0 Å². The molecule has 0 aliphatic heterocycles. The van der Waals surface area contributed by atoms with E-state index in [-0.39, 0.29) is 0 Å². The Morgan fingerprint density at radius 1 is 0.846 bits per heavy atom. The summed E-state index contributed by atoms with van der Waals surface area (Å²) in [5.74, 6) is 0.328. The molecule has 0 bridgehead atoms. The van der Waals surface area contributed by atoms with Gasteiger partial charge in [-0.05, 0) is 11.6 Å². The first-order valence-electron chi connectivity index (χ1n) is 4.21. The van der Waals surface area contributed by atoms with E-state index in [4.69, 9.17) is 0 Å². The highest BCUT2D eigenvalue weighted by Crippen LogP contribution is 2.24. The highest BCUT2D eigenvalue weighted by atomic mass is 16.3. The summed E-state index contributed by atoms with van der Waals surface area (Å²) in [6.45, 7) is 0. The first-order chi connectivity index (χ1) is 6.38. The summed E-state index contributed by atoms with van der Waals surface area (Å²) in [5.41, 5.74) is 1.92. The maximum absolute atomic E-state index is 9.56. The third-order valence-electron chi connectivity index (χ3n) is 1.99. The van der Waals surface area contributed by atoms with Crippen LogP contribution < -0.4 is 0 Å². The Kier molecular flexibility index (Phi) is 2.01. The van der Waals surface area contributed by atoms with Crippen molar-refractivity contribution in [2.45, 2.75) is 0 Å². The van der Waals surface area contributed by atoms with Gasteiger partial charge in [0, 0.05) is 5.56 Å². The van der Waals surface area contributed by atoms with E-state index in [1.54, 1.807) is 6.07 Å². The van der Waals surface area contributed by atoms with Crippen LogP contribution in [0.3, 0.4) is 0 Å². The molecule has 0 radical (unpaired) electrons. The van der Waals surface area contributed by atoms with Gasteiger partial charge in [0.2, 0.25) is 0 Å². The highest BCUT2D eigenvalue weighted by molar-refractivity contribution is 5.71. The molecule has 13 heavy (non-hydrogen) atoms. The van der Waals surface area contributed by atoms with Crippen molar-refractivity contribution in [3.63, 3.8) is 0 Å². The summed E-state index contributed by atoms with van der Waals surface area (Å²) >= 11 is 0. The monoisotopic (exact) mass is 170 g/mol. The molecule has 0 saturated carbocycles. The van der Waals surface area contributed by atoms with Gasteiger partial charge < -0.3 is 5.11 Å². The molecule has 64 valence electrons. The summed E-state index contributed by atoms with van der Waals surface area (Å²) in [6, 6.07) is 5.52. The third-order valence-corrected chi connectivity index (χ3v) is 1.99. The fourth-order valence-corrected chi connectivity index (χ4v) is 1.34. The van der Waals surface area contributed by atoms with Crippen LogP contribution in [0.15, 0.2) is 42.5 Å². The van der Waals surface area contributed by atoms with E-state index in [1.807, 2.05) is 48.6 Å². The molecule has 0 saturated heterocycles. The van der Waals surface area contributed by atoms with Crippen molar-refractivity contribution in [3.8, 4) is 5.75 Å². The smallest absolute Gasteiger partial charge is 0.123 e. The minimum absolute atomic E-state index is 0.328. The van der Waals surface area contributed by atoms with E-state index in [2.05, 4.69) is 0 Å². The standard InChI is InChI=1S/C12H10O/c13-12-9-5-7-10-6-3-1-2-4-8-11(10)12/h1-9,13H. The first-order valence-corrected chi connectivity index (χ1v) is 4.21. The summed E-state index contributed by atoms with van der Waals surface area (Å²) in [4.78, 5) is 0. The first kappa shape index (κ1) is 7.87. The van der Waals surface area contributed by atoms with Crippen LogP contribution in [0.5, 0.6) is 5.75 Å². The molecule has 0 aromatic heterocycles. The lowest BCUT2D eigenvalue weighted by Crippen LogP contribution is -1.82. The number of hydrogen-bond acceptors (Lipinski definition) is 1. The number of phenolic OH excluding ortho intramolecular Hbond substituents is 1. The number of rotatable bonds is 0. The van der Waals surface area contributed by atoms with Gasteiger partial charge in [-0.3, -0.25) is 0 Å². The lowest BCUT2D eigenvalue weighted by molar-refractivity contribution is 0.474. The molecule has 2 rings (SSSR count). The quantitative estimate of drug-likeness (QED) is 0.634. The van der Waals surface area contributed by atoms with Gasteiger partial charge in [0.05, 0.1) is 0 Å². The Bertz CT molecular complexity index is 398. The van der Waals surface area contributed by atoms with Crippen LogP contribution in [0.4, 0.5) is 0 Å². The minimum atomic E-state index is 0.328. The van der Waals surface area contributed by atoms with Crippen molar-refractivity contribution in [3.05, 3.63) is 53.6 Å². The maximum atomic E-state index is 9.56. The predicted molar refractivity (Wildman–Crippen MR) is 55.3 cm³/mol.